The lowest BCUT2D eigenvalue weighted by molar-refractivity contribution is 0.355. The van der Waals surface area contributed by atoms with Crippen molar-refractivity contribution in [2.24, 2.45) is 0 Å². The average Bonchev–Trinajstić information content (AvgIpc) is 2.55. The molecule has 0 bridgehead atoms. The summed E-state index contributed by atoms with van der Waals surface area (Å²) in [5.74, 6) is 1.49. The van der Waals surface area contributed by atoms with E-state index in [1.807, 2.05) is 24.3 Å². The smallest absolute Gasteiger partial charge is 0.162 e. The number of benzene rings is 2. The second kappa shape index (κ2) is 7.58. The third kappa shape index (κ3) is 3.91. The van der Waals surface area contributed by atoms with Crippen LogP contribution in [0.4, 0.5) is 5.69 Å². The molecule has 21 heavy (non-hydrogen) atoms. The van der Waals surface area contributed by atoms with E-state index in [-0.39, 0.29) is 0 Å². The molecule has 1 unspecified atom stereocenters. The molecule has 1 N–H and O–H groups in total. The third-order valence-corrected chi connectivity index (χ3v) is 3.50. The standard InChI is InChI=1S/C18H23NO2/c1-4-8-16(14-9-6-5-7-10-14)19-15-11-12-17(20-2)18(13-15)21-3/h5-7,9-13,16,19H,4,8H2,1-3H3. The zero-order chi connectivity index (χ0) is 15.1. The lowest BCUT2D eigenvalue weighted by Crippen LogP contribution is -2.10. The molecular weight excluding hydrogens is 262 g/mol. The predicted octanol–water partition coefficient (Wildman–Crippen LogP) is 4.66. The highest BCUT2D eigenvalue weighted by atomic mass is 16.5. The summed E-state index contributed by atoms with van der Waals surface area (Å²) in [7, 11) is 3.30. The van der Waals surface area contributed by atoms with Crippen LogP contribution in [0.25, 0.3) is 0 Å². The number of methoxy groups -OCH3 is 2. The molecule has 0 fully saturated rings. The van der Waals surface area contributed by atoms with Gasteiger partial charge in [-0.3, -0.25) is 0 Å². The number of anilines is 1. The fourth-order valence-corrected chi connectivity index (χ4v) is 2.42. The van der Waals surface area contributed by atoms with Gasteiger partial charge in [0.15, 0.2) is 11.5 Å². The maximum Gasteiger partial charge on any atom is 0.162 e. The minimum Gasteiger partial charge on any atom is -0.493 e. The summed E-state index contributed by atoms with van der Waals surface area (Å²) in [6, 6.07) is 16.7. The summed E-state index contributed by atoms with van der Waals surface area (Å²) in [4.78, 5) is 0. The van der Waals surface area contributed by atoms with Crippen molar-refractivity contribution in [3.63, 3.8) is 0 Å². The van der Waals surface area contributed by atoms with Crippen LogP contribution in [0.2, 0.25) is 0 Å². The van der Waals surface area contributed by atoms with Crippen LogP contribution in [0.5, 0.6) is 11.5 Å². The van der Waals surface area contributed by atoms with E-state index >= 15 is 0 Å². The van der Waals surface area contributed by atoms with Crippen LogP contribution in [0.1, 0.15) is 31.4 Å². The van der Waals surface area contributed by atoms with E-state index in [2.05, 4.69) is 36.5 Å². The average molecular weight is 285 g/mol. The summed E-state index contributed by atoms with van der Waals surface area (Å²) in [5, 5.41) is 3.59. The minimum absolute atomic E-state index is 0.300. The maximum absolute atomic E-state index is 5.36. The molecule has 0 radical (unpaired) electrons. The molecule has 0 saturated heterocycles. The van der Waals surface area contributed by atoms with Crippen LogP contribution in [-0.4, -0.2) is 14.2 Å². The largest absolute Gasteiger partial charge is 0.493 e. The van der Waals surface area contributed by atoms with Gasteiger partial charge in [-0.25, -0.2) is 0 Å². The first-order valence-electron chi connectivity index (χ1n) is 7.32. The van der Waals surface area contributed by atoms with Gasteiger partial charge in [-0.05, 0) is 24.1 Å². The van der Waals surface area contributed by atoms with Crippen LogP contribution >= 0.6 is 0 Å². The van der Waals surface area contributed by atoms with Gasteiger partial charge in [-0.1, -0.05) is 43.7 Å². The van der Waals surface area contributed by atoms with Crippen molar-refractivity contribution in [3.05, 3.63) is 54.1 Å². The van der Waals surface area contributed by atoms with Gasteiger partial charge in [0.1, 0.15) is 0 Å². The number of hydrogen-bond donors (Lipinski definition) is 1. The Kier molecular flexibility index (Phi) is 5.50. The van der Waals surface area contributed by atoms with Crippen molar-refractivity contribution in [1.82, 2.24) is 0 Å². The van der Waals surface area contributed by atoms with Crippen LogP contribution in [0.3, 0.4) is 0 Å². The highest BCUT2D eigenvalue weighted by Gasteiger charge is 2.11. The Morgan fingerprint density at radius 3 is 2.29 bits per heavy atom. The minimum atomic E-state index is 0.300. The Balaban J connectivity index is 2.21. The van der Waals surface area contributed by atoms with Crippen LogP contribution < -0.4 is 14.8 Å². The Morgan fingerprint density at radius 1 is 0.952 bits per heavy atom. The van der Waals surface area contributed by atoms with Crippen molar-refractivity contribution in [1.29, 1.82) is 0 Å². The van der Waals surface area contributed by atoms with Gasteiger partial charge in [-0.15, -0.1) is 0 Å². The van der Waals surface area contributed by atoms with E-state index in [9.17, 15) is 0 Å². The lowest BCUT2D eigenvalue weighted by Gasteiger charge is -2.20. The first-order chi connectivity index (χ1) is 10.3. The van der Waals surface area contributed by atoms with Gasteiger partial charge in [0.05, 0.1) is 20.3 Å². The fourth-order valence-electron chi connectivity index (χ4n) is 2.42. The summed E-state index contributed by atoms with van der Waals surface area (Å²) in [6.07, 6.45) is 2.21. The van der Waals surface area contributed by atoms with Gasteiger partial charge >= 0.3 is 0 Å². The quantitative estimate of drug-likeness (QED) is 0.802. The molecule has 1 atom stereocenters. The van der Waals surface area contributed by atoms with Crippen molar-refractivity contribution in [3.8, 4) is 11.5 Å². The van der Waals surface area contributed by atoms with Gasteiger partial charge in [0.25, 0.3) is 0 Å². The fraction of sp³-hybridized carbons (Fsp3) is 0.333. The van der Waals surface area contributed by atoms with Crippen LogP contribution in [0, 0.1) is 0 Å². The number of nitrogens with one attached hydrogen (secondary N) is 1. The normalized spacial score (nSPS) is 11.8. The topological polar surface area (TPSA) is 30.5 Å². The lowest BCUT2D eigenvalue weighted by atomic mass is 10.0. The van der Waals surface area contributed by atoms with Crippen LogP contribution in [-0.2, 0) is 0 Å². The second-order valence-corrected chi connectivity index (χ2v) is 4.97. The van der Waals surface area contributed by atoms with E-state index in [0.29, 0.717) is 6.04 Å². The second-order valence-electron chi connectivity index (χ2n) is 4.97. The molecule has 0 amide bonds. The molecule has 2 aromatic carbocycles. The molecule has 2 rings (SSSR count). The molecule has 0 aliphatic carbocycles. The molecule has 2 aromatic rings. The van der Waals surface area contributed by atoms with Crippen LogP contribution in [0.15, 0.2) is 48.5 Å². The Hall–Kier alpha value is -2.16. The highest BCUT2D eigenvalue weighted by molar-refractivity contribution is 5.55. The summed E-state index contributed by atoms with van der Waals surface area (Å²) in [5.41, 5.74) is 2.34. The van der Waals surface area contributed by atoms with Gasteiger partial charge in [-0.2, -0.15) is 0 Å². The zero-order valence-electron chi connectivity index (χ0n) is 12.9. The Labute approximate surface area is 126 Å². The van der Waals surface area contributed by atoms with E-state index < -0.39 is 0 Å². The molecule has 0 saturated carbocycles. The molecule has 112 valence electrons. The maximum atomic E-state index is 5.36. The molecule has 0 aliphatic rings. The monoisotopic (exact) mass is 285 g/mol. The number of ether oxygens (including phenoxy) is 2. The zero-order valence-corrected chi connectivity index (χ0v) is 12.9. The van der Waals surface area contributed by atoms with E-state index in [4.69, 9.17) is 9.47 Å². The first kappa shape index (κ1) is 15.2. The van der Waals surface area contributed by atoms with E-state index in [0.717, 1.165) is 30.0 Å². The van der Waals surface area contributed by atoms with Crippen molar-refractivity contribution in [2.45, 2.75) is 25.8 Å². The third-order valence-electron chi connectivity index (χ3n) is 3.50. The molecule has 0 spiro atoms. The van der Waals surface area contributed by atoms with E-state index in [1.54, 1.807) is 14.2 Å². The van der Waals surface area contributed by atoms with Gasteiger partial charge in [0, 0.05) is 11.8 Å². The summed E-state index contributed by atoms with van der Waals surface area (Å²) in [6.45, 7) is 2.20. The molecular formula is C18H23NO2. The van der Waals surface area contributed by atoms with Gasteiger partial charge in [0.2, 0.25) is 0 Å². The highest BCUT2D eigenvalue weighted by Crippen LogP contribution is 2.32. The van der Waals surface area contributed by atoms with E-state index in [1.165, 1.54) is 5.56 Å². The first-order valence-corrected chi connectivity index (χ1v) is 7.32. The molecule has 0 heterocycles. The molecule has 0 aromatic heterocycles. The molecule has 0 aliphatic heterocycles. The van der Waals surface area contributed by atoms with Crippen molar-refractivity contribution < 1.29 is 9.47 Å². The SMILES string of the molecule is CCCC(Nc1ccc(OC)c(OC)c1)c1ccccc1. The molecule has 3 heteroatoms. The van der Waals surface area contributed by atoms with Gasteiger partial charge < -0.3 is 14.8 Å². The number of rotatable bonds is 7. The van der Waals surface area contributed by atoms with Crippen molar-refractivity contribution in [2.75, 3.05) is 19.5 Å². The summed E-state index contributed by atoms with van der Waals surface area (Å²) < 4.78 is 10.6. The Morgan fingerprint density at radius 2 is 1.67 bits per heavy atom. The number of hydrogen-bond acceptors (Lipinski definition) is 3. The van der Waals surface area contributed by atoms with Crippen molar-refractivity contribution >= 4 is 5.69 Å². The molecule has 3 nitrogen and oxygen atoms in total. The summed E-state index contributed by atoms with van der Waals surface area (Å²) >= 11 is 0. The predicted molar refractivity (Wildman–Crippen MR) is 87.3 cm³/mol. The Bertz CT molecular complexity index is 554.